The Hall–Kier alpha value is -1.64. The van der Waals surface area contributed by atoms with E-state index in [4.69, 9.17) is 9.84 Å². The summed E-state index contributed by atoms with van der Waals surface area (Å²) in [6, 6.07) is 0. The van der Waals surface area contributed by atoms with Gasteiger partial charge in [-0.2, -0.15) is 0 Å². The fourth-order valence-electron chi connectivity index (χ4n) is 2.28. The van der Waals surface area contributed by atoms with Crippen LogP contribution >= 0.6 is 0 Å². The predicted octanol–water partition coefficient (Wildman–Crippen LogP) is -0.611. The lowest BCUT2D eigenvalue weighted by atomic mass is 10.2. The van der Waals surface area contributed by atoms with E-state index < -0.39 is 29.7 Å². The molecule has 1 aliphatic heterocycles. The van der Waals surface area contributed by atoms with E-state index in [-0.39, 0.29) is 18.7 Å². The SMILES string of the molecule is CCCCNc1cn(C2CC(O)C(CO)O2)c(=O)[nH]c1=O. The molecule has 3 unspecified atom stereocenters. The summed E-state index contributed by atoms with van der Waals surface area (Å²) in [5, 5.41) is 21.8. The summed E-state index contributed by atoms with van der Waals surface area (Å²) >= 11 is 0. The Bertz CT molecular complexity index is 582. The van der Waals surface area contributed by atoms with Crippen molar-refractivity contribution in [2.24, 2.45) is 0 Å². The second kappa shape index (κ2) is 6.88. The van der Waals surface area contributed by atoms with Crippen LogP contribution < -0.4 is 16.6 Å². The summed E-state index contributed by atoms with van der Waals surface area (Å²) in [7, 11) is 0. The molecule has 0 aromatic carbocycles. The number of hydrogen-bond acceptors (Lipinski definition) is 6. The first-order valence-electron chi connectivity index (χ1n) is 7.10. The van der Waals surface area contributed by atoms with Crippen molar-refractivity contribution in [1.82, 2.24) is 9.55 Å². The van der Waals surface area contributed by atoms with Crippen LogP contribution in [0.5, 0.6) is 0 Å². The number of hydrogen-bond donors (Lipinski definition) is 4. The Morgan fingerprint density at radius 3 is 2.90 bits per heavy atom. The fraction of sp³-hybridized carbons (Fsp3) is 0.692. The summed E-state index contributed by atoms with van der Waals surface area (Å²) in [4.78, 5) is 25.8. The molecular weight excluding hydrogens is 278 g/mol. The van der Waals surface area contributed by atoms with Crippen LogP contribution in [0.1, 0.15) is 32.4 Å². The quantitative estimate of drug-likeness (QED) is 0.521. The zero-order chi connectivity index (χ0) is 15.4. The molecule has 0 saturated carbocycles. The van der Waals surface area contributed by atoms with E-state index in [0.29, 0.717) is 6.54 Å². The molecule has 21 heavy (non-hydrogen) atoms. The molecule has 0 aliphatic carbocycles. The number of H-pyrrole nitrogens is 1. The molecule has 2 rings (SSSR count). The first-order valence-corrected chi connectivity index (χ1v) is 7.10. The van der Waals surface area contributed by atoms with Gasteiger partial charge in [0.05, 0.1) is 12.7 Å². The van der Waals surface area contributed by atoms with Gasteiger partial charge in [0.1, 0.15) is 18.0 Å². The minimum Gasteiger partial charge on any atom is -0.394 e. The van der Waals surface area contributed by atoms with E-state index in [1.165, 1.54) is 10.8 Å². The Balaban J connectivity index is 2.22. The number of aliphatic hydroxyl groups is 2. The molecule has 1 saturated heterocycles. The summed E-state index contributed by atoms with van der Waals surface area (Å²) in [5.41, 5.74) is -0.796. The van der Waals surface area contributed by atoms with E-state index >= 15 is 0 Å². The van der Waals surface area contributed by atoms with Gasteiger partial charge in [0.25, 0.3) is 5.56 Å². The van der Waals surface area contributed by atoms with Crippen molar-refractivity contribution in [3.63, 3.8) is 0 Å². The van der Waals surface area contributed by atoms with Gasteiger partial charge < -0.3 is 20.3 Å². The van der Waals surface area contributed by atoms with Gasteiger partial charge in [-0.3, -0.25) is 14.3 Å². The normalized spacial score (nSPS) is 25.2. The summed E-state index contributed by atoms with van der Waals surface area (Å²) < 4.78 is 6.65. The number of nitrogens with one attached hydrogen (secondary N) is 2. The highest BCUT2D eigenvalue weighted by Crippen LogP contribution is 2.27. The Morgan fingerprint density at radius 1 is 1.52 bits per heavy atom. The Kier molecular flexibility index (Phi) is 5.16. The zero-order valence-corrected chi connectivity index (χ0v) is 11.9. The number of aromatic amines is 1. The molecule has 1 aromatic heterocycles. The van der Waals surface area contributed by atoms with Crippen LogP contribution in [0.25, 0.3) is 0 Å². The summed E-state index contributed by atoms with van der Waals surface area (Å²) in [6.07, 6.45) is 1.22. The van der Waals surface area contributed by atoms with E-state index in [9.17, 15) is 14.7 Å². The molecule has 0 amide bonds. The van der Waals surface area contributed by atoms with Gasteiger partial charge in [0.15, 0.2) is 0 Å². The third-order valence-corrected chi connectivity index (χ3v) is 3.51. The Morgan fingerprint density at radius 2 is 2.29 bits per heavy atom. The van der Waals surface area contributed by atoms with Crippen LogP contribution in [0.2, 0.25) is 0 Å². The number of nitrogens with zero attached hydrogens (tertiary/aromatic N) is 1. The molecule has 8 nitrogen and oxygen atoms in total. The van der Waals surface area contributed by atoms with Crippen molar-refractivity contribution in [3.8, 4) is 0 Å². The number of anilines is 1. The van der Waals surface area contributed by atoms with Crippen LogP contribution in [0.3, 0.4) is 0 Å². The van der Waals surface area contributed by atoms with Gasteiger partial charge >= 0.3 is 5.69 Å². The number of aromatic nitrogens is 2. The smallest absolute Gasteiger partial charge is 0.330 e. The second-order valence-electron chi connectivity index (χ2n) is 5.10. The minimum absolute atomic E-state index is 0.186. The minimum atomic E-state index is -0.838. The molecule has 118 valence electrons. The van der Waals surface area contributed by atoms with Crippen molar-refractivity contribution >= 4 is 5.69 Å². The zero-order valence-electron chi connectivity index (χ0n) is 11.9. The topological polar surface area (TPSA) is 117 Å². The van der Waals surface area contributed by atoms with Gasteiger partial charge in [0.2, 0.25) is 0 Å². The average Bonchev–Trinajstić information content (AvgIpc) is 2.82. The third-order valence-electron chi connectivity index (χ3n) is 3.51. The molecule has 1 fully saturated rings. The Labute approximate surface area is 121 Å². The maximum absolute atomic E-state index is 11.9. The maximum atomic E-state index is 11.9. The van der Waals surface area contributed by atoms with Crippen LogP contribution in [0, 0.1) is 0 Å². The molecule has 1 aliphatic rings. The molecule has 0 radical (unpaired) electrons. The highest BCUT2D eigenvalue weighted by Gasteiger charge is 2.35. The highest BCUT2D eigenvalue weighted by atomic mass is 16.5. The second-order valence-corrected chi connectivity index (χ2v) is 5.10. The molecular formula is C13H21N3O5. The van der Waals surface area contributed by atoms with Crippen molar-refractivity contribution in [2.75, 3.05) is 18.5 Å². The van der Waals surface area contributed by atoms with E-state index in [1.807, 2.05) is 6.92 Å². The summed E-state index contributed by atoms with van der Waals surface area (Å²) in [5.74, 6) is 0. The van der Waals surface area contributed by atoms with Gasteiger partial charge in [-0.05, 0) is 6.42 Å². The van der Waals surface area contributed by atoms with E-state index in [0.717, 1.165) is 12.8 Å². The van der Waals surface area contributed by atoms with Crippen molar-refractivity contribution in [1.29, 1.82) is 0 Å². The number of rotatable bonds is 6. The molecule has 8 heteroatoms. The third kappa shape index (κ3) is 3.52. The van der Waals surface area contributed by atoms with Crippen LogP contribution in [0.15, 0.2) is 15.8 Å². The molecule has 0 spiro atoms. The summed E-state index contributed by atoms with van der Waals surface area (Å²) in [6.45, 7) is 2.35. The molecule has 1 aromatic rings. The molecule has 3 atom stereocenters. The lowest BCUT2D eigenvalue weighted by Gasteiger charge is -2.15. The lowest BCUT2D eigenvalue weighted by molar-refractivity contribution is -0.0458. The molecule has 0 bridgehead atoms. The maximum Gasteiger partial charge on any atom is 0.330 e. The number of aliphatic hydroxyl groups excluding tert-OH is 2. The molecule has 4 N–H and O–H groups in total. The van der Waals surface area contributed by atoms with Gasteiger partial charge in [-0.1, -0.05) is 13.3 Å². The average molecular weight is 299 g/mol. The monoisotopic (exact) mass is 299 g/mol. The van der Waals surface area contributed by atoms with Crippen molar-refractivity contribution in [3.05, 3.63) is 27.0 Å². The van der Waals surface area contributed by atoms with Gasteiger partial charge in [-0.25, -0.2) is 4.79 Å². The first-order chi connectivity index (χ1) is 10.1. The first kappa shape index (κ1) is 15.7. The highest BCUT2D eigenvalue weighted by molar-refractivity contribution is 5.37. The van der Waals surface area contributed by atoms with Crippen LogP contribution in [0.4, 0.5) is 5.69 Å². The van der Waals surface area contributed by atoms with Crippen molar-refractivity contribution < 1.29 is 14.9 Å². The largest absolute Gasteiger partial charge is 0.394 e. The van der Waals surface area contributed by atoms with Gasteiger partial charge in [-0.15, -0.1) is 0 Å². The molecule has 2 heterocycles. The predicted molar refractivity (Wildman–Crippen MR) is 76.3 cm³/mol. The number of unbranched alkanes of at least 4 members (excludes halogenated alkanes) is 1. The van der Waals surface area contributed by atoms with Crippen LogP contribution in [-0.2, 0) is 4.74 Å². The standard InChI is InChI=1S/C13H21N3O5/c1-2-3-4-14-8-6-16(13(20)15-12(8)19)11-5-9(18)10(7-17)21-11/h6,9-11,14,17-18H,2-5,7H2,1H3,(H,15,19,20). The lowest BCUT2D eigenvalue weighted by Crippen LogP contribution is -2.34. The van der Waals surface area contributed by atoms with E-state index in [1.54, 1.807) is 0 Å². The fourth-order valence-corrected chi connectivity index (χ4v) is 2.28. The number of ether oxygens (including phenoxy) is 1. The van der Waals surface area contributed by atoms with E-state index in [2.05, 4.69) is 10.3 Å². The van der Waals surface area contributed by atoms with Gasteiger partial charge in [0, 0.05) is 19.2 Å². The van der Waals surface area contributed by atoms with Crippen LogP contribution in [-0.4, -0.2) is 45.1 Å². The van der Waals surface area contributed by atoms with Crippen molar-refractivity contribution in [2.45, 2.75) is 44.6 Å².